The molecule has 0 aromatic carbocycles. The smallest absolute Gasteiger partial charge is 0.0110 e. The fraction of sp³-hybridized carbons (Fsp3) is 1.00. The maximum Gasteiger partial charge on any atom is 0.0110 e. The summed E-state index contributed by atoms with van der Waals surface area (Å²) in [6, 6.07) is 0. The number of piperazine rings is 1. The highest BCUT2D eigenvalue weighted by Crippen LogP contribution is 2.16. The van der Waals surface area contributed by atoms with Gasteiger partial charge in [-0.3, -0.25) is 0 Å². The zero-order chi connectivity index (χ0) is 11.9. The first-order valence-electron chi connectivity index (χ1n) is 7.54. The van der Waals surface area contributed by atoms with Gasteiger partial charge in [0.05, 0.1) is 0 Å². The molecule has 2 heterocycles. The number of piperidine rings is 1. The minimum atomic E-state index is 0.959. The van der Waals surface area contributed by atoms with Crippen LogP contribution in [-0.4, -0.2) is 62.2 Å². The van der Waals surface area contributed by atoms with Crippen molar-refractivity contribution in [1.82, 2.24) is 15.1 Å². The second-order valence-corrected chi connectivity index (χ2v) is 5.63. The third-order valence-corrected chi connectivity index (χ3v) is 4.40. The predicted octanol–water partition coefficient (Wildman–Crippen LogP) is 1.40. The van der Waals surface area contributed by atoms with Gasteiger partial charge in [-0.1, -0.05) is 6.92 Å². The molecule has 0 bridgehead atoms. The van der Waals surface area contributed by atoms with Crippen molar-refractivity contribution in [2.75, 3.05) is 52.4 Å². The van der Waals surface area contributed by atoms with Crippen LogP contribution in [0.25, 0.3) is 0 Å². The summed E-state index contributed by atoms with van der Waals surface area (Å²) in [4.78, 5) is 5.21. The van der Waals surface area contributed by atoms with Gasteiger partial charge < -0.3 is 15.1 Å². The fourth-order valence-electron chi connectivity index (χ4n) is 3.10. The molecule has 0 amide bonds. The molecular weight excluding hydrogens is 210 g/mol. The molecule has 1 N–H and O–H groups in total. The lowest BCUT2D eigenvalue weighted by Gasteiger charge is -2.34. The molecule has 1 atom stereocenters. The molecule has 2 aliphatic heterocycles. The van der Waals surface area contributed by atoms with Gasteiger partial charge in [-0.05, 0) is 57.8 Å². The van der Waals surface area contributed by atoms with Crippen LogP contribution in [0.4, 0.5) is 0 Å². The minimum Gasteiger partial charge on any atom is -0.316 e. The number of nitrogens with one attached hydrogen (secondary N) is 1. The molecule has 0 aromatic heterocycles. The molecule has 0 aliphatic carbocycles. The first-order chi connectivity index (χ1) is 8.38. The largest absolute Gasteiger partial charge is 0.316 e. The van der Waals surface area contributed by atoms with Crippen LogP contribution in [0, 0.1) is 5.92 Å². The molecule has 2 fully saturated rings. The van der Waals surface area contributed by atoms with Gasteiger partial charge in [-0.25, -0.2) is 0 Å². The van der Waals surface area contributed by atoms with E-state index in [1.54, 1.807) is 0 Å². The second kappa shape index (κ2) is 7.34. The SMILES string of the molecule is CCN1CCN(CCC[C@H]2CCCNC2)CC1. The van der Waals surface area contributed by atoms with E-state index in [2.05, 4.69) is 22.0 Å². The molecule has 2 saturated heterocycles. The number of rotatable bonds is 5. The van der Waals surface area contributed by atoms with E-state index in [4.69, 9.17) is 0 Å². The molecule has 0 aromatic rings. The highest BCUT2D eigenvalue weighted by Gasteiger charge is 2.16. The topological polar surface area (TPSA) is 18.5 Å². The lowest BCUT2D eigenvalue weighted by atomic mass is 9.94. The number of hydrogen-bond donors (Lipinski definition) is 1. The first kappa shape index (κ1) is 13.3. The zero-order valence-electron chi connectivity index (χ0n) is 11.5. The zero-order valence-corrected chi connectivity index (χ0v) is 11.5. The van der Waals surface area contributed by atoms with Crippen molar-refractivity contribution in [1.29, 1.82) is 0 Å². The third kappa shape index (κ3) is 4.57. The molecule has 0 spiro atoms. The van der Waals surface area contributed by atoms with Crippen LogP contribution in [0.15, 0.2) is 0 Å². The molecule has 17 heavy (non-hydrogen) atoms. The quantitative estimate of drug-likeness (QED) is 0.782. The van der Waals surface area contributed by atoms with Crippen LogP contribution in [0.3, 0.4) is 0 Å². The van der Waals surface area contributed by atoms with Crippen molar-refractivity contribution in [3.8, 4) is 0 Å². The Morgan fingerprint density at radius 3 is 2.53 bits per heavy atom. The van der Waals surface area contributed by atoms with Gasteiger partial charge in [0.1, 0.15) is 0 Å². The summed E-state index contributed by atoms with van der Waals surface area (Å²) in [6.45, 7) is 12.5. The van der Waals surface area contributed by atoms with E-state index in [0.717, 1.165) is 5.92 Å². The predicted molar refractivity (Wildman–Crippen MR) is 73.4 cm³/mol. The lowest BCUT2D eigenvalue weighted by Crippen LogP contribution is -2.46. The Morgan fingerprint density at radius 2 is 1.88 bits per heavy atom. The van der Waals surface area contributed by atoms with Gasteiger partial charge in [0, 0.05) is 26.2 Å². The van der Waals surface area contributed by atoms with Crippen LogP contribution in [-0.2, 0) is 0 Å². The second-order valence-electron chi connectivity index (χ2n) is 5.63. The van der Waals surface area contributed by atoms with E-state index in [1.165, 1.54) is 78.0 Å². The van der Waals surface area contributed by atoms with Crippen molar-refractivity contribution in [2.24, 2.45) is 5.92 Å². The van der Waals surface area contributed by atoms with E-state index in [9.17, 15) is 0 Å². The van der Waals surface area contributed by atoms with Crippen LogP contribution < -0.4 is 5.32 Å². The van der Waals surface area contributed by atoms with Crippen molar-refractivity contribution in [3.63, 3.8) is 0 Å². The first-order valence-corrected chi connectivity index (χ1v) is 7.54. The third-order valence-electron chi connectivity index (χ3n) is 4.40. The summed E-state index contributed by atoms with van der Waals surface area (Å²) in [5.41, 5.74) is 0. The van der Waals surface area contributed by atoms with Crippen molar-refractivity contribution in [2.45, 2.75) is 32.6 Å². The lowest BCUT2D eigenvalue weighted by molar-refractivity contribution is 0.133. The Kier molecular flexibility index (Phi) is 5.75. The molecule has 3 nitrogen and oxygen atoms in total. The average Bonchev–Trinajstić information content (AvgIpc) is 2.41. The van der Waals surface area contributed by atoms with Gasteiger partial charge in [-0.15, -0.1) is 0 Å². The monoisotopic (exact) mass is 239 g/mol. The van der Waals surface area contributed by atoms with E-state index in [0.29, 0.717) is 0 Å². The Morgan fingerprint density at radius 1 is 1.12 bits per heavy atom. The molecule has 2 rings (SSSR count). The van der Waals surface area contributed by atoms with E-state index in [1.807, 2.05) is 0 Å². The van der Waals surface area contributed by atoms with Crippen molar-refractivity contribution >= 4 is 0 Å². The average molecular weight is 239 g/mol. The van der Waals surface area contributed by atoms with Crippen LogP contribution >= 0.6 is 0 Å². The van der Waals surface area contributed by atoms with Gasteiger partial charge in [0.2, 0.25) is 0 Å². The molecular formula is C14H29N3. The molecule has 3 heteroatoms. The van der Waals surface area contributed by atoms with Gasteiger partial charge in [0.15, 0.2) is 0 Å². The highest BCUT2D eigenvalue weighted by atomic mass is 15.3. The maximum absolute atomic E-state index is 3.52. The van der Waals surface area contributed by atoms with Gasteiger partial charge in [0.25, 0.3) is 0 Å². The van der Waals surface area contributed by atoms with Crippen LogP contribution in [0.1, 0.15) is 32.6 Å². The number of likely N-dealkylation sites (N-methyl/N-ethyl adjacent to an activating group) is 1. The maximum atomic E-state index is 3.52. The van der Waals surface area contributed by atoms with E-state index < -0.39 is 0 Å². The summed E-state index contributed by atoms with van der Waals surface area (Å²) in [5, 5.41) is 3.52. The molecule has 100 valence electrons. The highest BCUT2D eigenvalue weighted by molar-refractivity contribution is 4.73. The summed E-state index contributed by atoms with van der Waals surface area (Å²) in [7, 11) is 0. The molecule has 0 unspecified atom stereocenters. The Labute approximate surface area is 107 Å². The number of hydrogen-bond acceptors (Lipinski definition) is 3. The van der Waals surface area contributed by atoms with Gasteiger partial charge in [-0.2, -0.15) is 0 Å². The summed E-state index contributed by atoms with van der Waals surface area (Å²) in [5.74, 6) is 0.959. The van der Waals surface area contributed by atoms with Gasteiger partial charge >= 0.3 is 0 Å². The summed E-state index contributed by atoms with van der Waals surface area (Å²) in [6.07, 6.45) is 5.68. The Balaban J connectivity index is 1.53. The number of nitrogens with zero attached hydrogens (tertiary/aromatic N) is 2. The molecule has 0 saturated carbocycles. The van der Waals surface area contributed by atoms with Crippen LogP contribution in [0.2, 0.25) is 0 Å². The molecule has 0 radical (unpaired) electrons. The normalized spacial score (nSPS) is 28.4. The summed E-state index contributed by atoms with van der Waals surface area (Å²) >= 11 is 0. The minimum absolute atomic E-state index is 0.959. The van der Waals surface area contributed by atoms with Crippen molar-refractivity contribution in [3.05, 3.63) is 0 Å². The van der Waals surface area contributed by atoms with Crippen molar-refractivity contribution < 1.29 is 0 Å². The van der Waals surface area contributed by atoms with E-state index in [-0.39, 0.29) is 0 Å². The van der Waals surface area contributed by atoms with Crippen LogP contribution in [0.5, 0.6) is 0 Å². The molecule has 2 aliphatic rings. The van der Waals surface area contributed by atoms with E-state index >= 15 is 0 Å². The standard InChI is InChI=1S/C14H29N3/c1-2-16-9-11-17(12-10-16)8-4-6-14-5-3-7-15-13-14/h14-15H,2-13H2,1H3/t14-/m1/s1. The fourth-order valence-corrected chi connectivity index (χ4v) is 3.10. The Hall–Kier alpha value is -0.120. The Bertz CT molecular complexity index is 194. The summed E-state index contributed by atoms with van der Waals surface area (Å²) < 4.78 is 0.